The Morgan fingerprint density at radius 1 is 0.273 bits per heavy atom. The Labute approximate surface area is 519 Å². The predicted molar refractivity (Wildman–Crippen MR) is 382 cm³/mol. The minimum Gasteiger partial charge on any atom is -0.309 e. The molecule has 18 aromatic rings. The van der Waals surface area contributed by atoms with Crippen molar-refractivity contribution < 1.29 is 0 Å². The highest BCUT2D eigenvalue weighted by molar-refractivity contribution is 7.27. The molecule has 6 heteroatoms. The summed E-state index contributed by atoms with van der Waals surface area (Å²) in [6, 6.07) is 94.9. The van der Waals surface area contributed by atoms with Crippen LogP contribution in [0.4, 0.5) is 34.1 Å². The van der Waals surface area contributed by atoms with E-state index in [-0.39, 0.29) is 10.8 Å². The minimum atomic E-state index is -0.153. The second-order valence-corrected chi connectivity index (χ2v) is 28.7. The van der Waals surface area contributed by atoms with Gasteiger partial charge in [0.05, 0.1) is 37.3 Å². The molecule has 0 saturated carbocycles. The number of benzene rings is 13. The molecule has 0 aliphatic heterocycles. The lowest BCUT2D eigenvalue weighted by Gasteiger charge is -2.28. The molecular weight excluding hydrogens is 1120 g/mol. The summed E-state index contributed by atoms with van der Waals surface area (Å²) in [5.41, 5.74) is 21.3. The van der Waals surface area contributed by atoms with E-state index >= 15 is 0 Å². The Kier molecular flexibility index (Phi) is 9.78. The van der Waals surface area contributed by atoms with Crippen molar-refractivity contribution >= 4 is 178 Å². The highest BCUT2D eigenvalue weighted by Crippen LogP contribution is 2.56. The van der Waals surface area contributed by atoms with Gasteiger partial charge in [-0.25, -0.2) is 0 Å². The van der Waals surface area contributed by atoms with Gasteiger partial charge in [-0.3, -0.25) is 0 Å². The molecule has 5 heterocycles. The number of hydrogen-bond acceptors (Lipinski definition) is 5. The summed E-state index contributed by atoms with van der Waals surface area (Å²) < 4.78 is 10.4. The molecule has 0 amide bonds. The van der Waals surface area contributed by atoms with Crippen LogP contribution in [0.5, 0.6) is 0 Å². The van der Waals surface area contributed by atoms with Crippen LogP contribution in [0.3, 0.4) is 0 Å². The maximum Gasteiger partial charge on any atom is 0.0640 e. The molecule has 0 bridgehead atoms. The second-order valence-electron chi connectivity index (χ2n) is 25.5. The fourth-order valence-corrected chi connectivity index (χ4v) is 19.9. The van der Waals surface area contributed by atoms with E-state index in [0.29, 0.717) is 0 Å². The van der Waals surface area contributed by atoms with Gasteiger partial charge in [0.2, 0.25) is 0 Å². The summed E-state index contributed by atoms with van der Waals surface area (Å²) in [5, 5.41) is 15.4. The van der Waals surface area contributed by atoms with E-state index in [2.05, 4.69) is 291 Å². The molecular formula is C82H53N3S3. The van der Waals surface area contributed by atoms with Crippen LogP contribution in [0.25, 0.3) is 132 Å². The van der Waals surface area contributed by atoms with Crippen LogP contribution in [0.2, 0.25) is 0 Å². The first kappa shape index (κ1) is 49.3. The summed E-state index contributed by atoms with van der Waals surface area (Å²) in [7, 11) is 0. The quantitative estimate of drug-likeness (QED) is 0.164. The molecule has 2 aliphatic rings. The van der Waals surface area contributed by atoms with Gasteiger partial charge in [0.25, 0.3) is 0 Å². The van der Waals surface area contributed by atoms with Gasteiger partial charge in [0, 0.05) is 117 Å². The third kappa shape index (κ3) is 6.46. The van der Waals surface area contributed by atoms with Gasteiger partial charge in [-0.2, -0.15) is 0 Å². The molecule has 0 N–H and O–H groups in total. The molecule has 0 spiro atoms. The normalized spacial score (nSPS) is 14.1. The highest BCUT2D eigenvalue weighted by atomic mass is 32.1. The van der Waals surface area contributed by atoms with Gasteiger partial charge in [-0.05, 0) is 117 Å². The zero-order valence-corrected chi connectivity index (χ0v) is 51.2. The summed E-state index contributed by atoms with van der Waals surface area (Å²) in [6.07, 6.45) is 0. The Morgan fingerprint density at radius 3 is 1.23 bits per heavy atom. The molecule has 5 aromatic heterocycles. The minimum absolute atomic E-state index is 0.139. The molecule has 0 unspecified atom stereocenters. The van der Waals surface area contributed by atoms with Crippen molar-refractivity contribution in [3.05, 3.63) is 271 Å². The summed E-state index contributed by atoms with van der Waals surface area (Å²) >= 11 is 5.72. The van der Waals surface area contributed by atoms with Gasteiger partial charge in [0.15, 0.2) is 0 Å². The van der Waals surface area contributed by atoms with E-state index in [1.165, 1.54) is 171 Å². The first-order valence-corrected chi connectivity index (χ1v) is 33.0. The highest BCUT2D eigenvalue weighted by Gasteiger charge is 2.38. The van der Waals surface area contributed by atoms with E-state index in [0.717, 1.165) is 17.1 Å². The summed E-state index contributed by atoms with van der Waals surface area (Å²) in [5.74, 6) is 0. The fraction of sp³-hybridized carbons (Fsp3) is 0.0732. The van der Waals surface area contributed by atoms with Gasteiger partial charge in [-0.15, -0.1) is 34.0 Å². The summed E-state index contributed by atoms with van der Waals surface area (Å²) in [4.78, 5) is 5.08. The second kappa shape index (κ2) is 17.5. The zero-order chi connectivity index (χ0) is 58.1. The van der Waals surface area contributed by atoms with Gasteiger partial charge >= 0.3 is 0 Å². The van der Waals surface area contributed by atoms with Crippen LogP contribution in [0.15, 0.2) is 249 Å². The number of aromatic nitrogens is 1. The molecule has 13 aromatic carbocycles. The maximum atomic E-state index is 2.61. The third-order valence-electron chi connectivity index (χ3n) is 20.3. The van der Waals surface area contributed by atoms with Crippen molar-refractivity contribution in [3.63, 3.8) is 0 Å². The van der Waals surface area contributed by atoms with Gasteiger partial charge < -0.3 is 14.2 Å². The topological polar surface area (TPSA) is 10.9 Å². The molecule has 0 fully saturated rings. The van der Waals surface area contributed by atoms with E-state index in [1.807, 2.05) is 34.0 Å². The third-order valence-corrected chi connectivity index (χ3v) is 23.9. The zero-order valence-electron chi connectivity index (χ0n) is 48.7. The number of para-hydroxylation sites is 1. The first-order valence-electron chi connectivity index (χ1n) is 30.6. The largest absolute Gasteiger partial charge is 0.309 e. The van der Waals surface area contributed by atoms with Crippen LogP contribution in [-0.2, 0) is 10.8 Å². The fourth-order valence-electron chi connectivity index (χ4n) is 16.2. The number of rotatable bonds is 6. The number of nitrogens with zero attached hydrogens (tertiary/aromatic N) is 3. The first-order chi connectivity index (χ1) is 43.2. The Morgan fingerprint density at radius 2 is 0.636 bits per heavy atom. The maximum absolute atomic E-state index is 2.61. The van der Waals surface area contributed by atoms with Crippen molar-refractivity contribution in [3.8, 4) is 22.3 Å². The van der Waals surface area contributed by atoms with Crippen LogP contribution in [0.1, 0.15) is 49.9 Å². The Balaban J connectivity index is 0.788. The van der Waals surface area contributed by atoms with E-state index in [9.17, 15) is 0 Å². The molecule has 2 aliphatic carbocycles. The average Bonchev–Trinajstić information content (AvgIpc) is 1.58. The lowest BCUT2D eigenvalue weighted by atomic mass is 9.82. The van der Waals surface area contributed by atoms with Crippen LogP contribution in [0, 0.1) is 0 Å². The summed E-state index contributed by atoms with van der Waals surface area (Å²) in [6.45, 7) is 9.55. The number of fused-ring (bicyclic) bond motifs is 24. The SMILES string of the molecule is CC1(C)c2ccccc2-c2ccc(N(c3ccc4c(c3)sc3c4ccc4c3ccc3c5cccc6c7ccc(N(c8ccc9c(c8)C(C)(C)c8ccccc8-9)c8cccc9c8sc8ccccc89)cc7n(c43)c65)c3cccc4c3sc3ccccc34)cc21. The number of hydrogen-bond donors (Lipinski definition) is 0. The molecule has 0 atom stereocenters. The van der Waals surface area contributed by atoms with Gasteiger partial charge in [-0.1, -0.05) is 204 Å². The average molecular weight is 1180 g/mol. The smallest absolute Gasteiger partial charge is 0.0640 e. The van der Waals surface area contributed by atoms with E-state index < -0.39 is 0 Å². The van der Waals surface area contributed by atoms with Gasteiger partial charge in [0.1, 0.15) is 0 Å². The van der Waals surface area contributed by atoms with Crippen molar-refractivity contribution in [1.82, 2.24) is 4.40 Å². The molecule has 414 valence electrons. The lowest BCUT2D eigenvalue weighted by molar-refractivity contribution is 0.660. The van der Waals surface area contributed by atoms with Crippen molar-refractivity contribution in [2.24, 2.45) is 0 Å². The monoisotopic (exact) mass is 1180 g/mol. The molecule has 0 radical (unpaired) electrons. The van der Waals surface area contributed by atoms with Crippen LogP contribution in [-0.4, -0.2) is 4.40 Å². The lowest BCUT2D eigenvalue weighted by Crippen LogP contribution is -2.16. The predicted octanol–water partition coefficient (Wildman–Crippen LogP) is 24.6. The number of thiophene rings is 3. The van der Waals surface area contributed by atoms with Crippen LogP contribution >= 0.6 is 34.0 Å². The van der Waals surface area contributed by atoms with E-state index in [1.54, 1.807) is 0 Å². The Hall–Kier alpha value is -9.82. The molecule has 88 heavy (non-hydrogen) atoms. The number of anilines is 6. The molecule has 3 nitrogen and oxygen atoms in total. The standard InChI is InChI=1S/C82H53N3S3/c1-81(2)66-24-9-5-16-50(66)52-34-30-46(42-68(52)81)83(70-26-14-22-62-55-18-7-11-28-73(55)86-79(62)70)48-32-36-54-58-20-13-21-59-60-38-41-65-61(77(60)85(76(58)59)72(54)44-48)39-40-64-57-37-33-49(45-75(57)88-78(64)65)84(71-27-15-23-63-56-19-8-12-29-74(56)87-80(63)71)47-31-35-53-51-17-6-10-25-67(51)82(3,4)69(53)43-47/h5-45H,1-4H3. The molecule has 20 rings (SSSR count). The van der Waals surface area contributed by atoms with Crippen molar-refractivity contribution in [2.75, 3.05) is 9.80 Å². The molecule has 0 saturated heterocycles. The van der Waals surface area contributed by atoms with Crippen LogP contribution < -0.4 is 9.80 Å². The van der Waals surface area contributed by atoms with E-state index in [4.69, 9.17) is 0 Å². The van der Waals surface area contributed by atoms with Crippen molar-refractivity contribution in [1.29, 1.82) is 0 Å². The Bertz CT molecular complexity index is 6100. The van der Waals surface area contributed by atoms with Crippen molar-refractivity contribution in [2.45, 2.75) is 38.5 Å².